The van der Waals surface area contributed by atoms with E-state index in [1.54, 1.807) is 35.5 Å². The van der Waals surface area contributed by atoms with Gasteiger partial charge in [0.25, 0.3) is 5.91 Å². The van der Waals surface area contributed by atoms with Crippen molar-refractivity contribution < 1.29 is 9.53 Å². The van der Waals surface area contributed by atoms with Crippen LogP contribution < -0.4 is 10.1 Å². The highest BCUT2D eigenvalue weighted by Crippen LogP contribution is 2.22. The summed E-state index contributed by atoms with van der Waals surface area (Å²) in [5.74, 6) is 0.362. The zero-order valence-electron chi connectivity index (χ0n) is 13.7. The van der Waals surface area contributed by atoms with E-state index in [-0.39, 0.29) is 18.3 Å². The van der Waals surface area contributed by atoms with Gasteiger partial charge < -0.3 is 10.1 Å². The maximum absolute atomic E-state index is 12.5. The number of anilines is 1. The Kier molecular flexibility index (Phi) is 4.90. The molecular weight excluding hydrogens is 480 g/mol. The second-order valence-corrected chi connectivity index (χ2v) is 7.21. The number of carbonyl (C=O) groups excluding carboxylic acids is 1. The first-order valence-electron chi connectivity index (χ1n) is 7.81. The molecule has 27 heavy (non-hydrogen) atoms. The Morgan fingerprint density at radius 2 is 2.04 bits per heavy atom. The van der Waals surface area contributed by atoms with Gasteiger partial charge in [0.05, 0.1) is 22.6 Å². The topological polar surface area (TPSA) is 86.3 Å². The van der Waals surface area contributed by atoms with E-state index in [1.165, 1.54) is 4.52 Å². The molecule has 3 aromatic heterocycles. The predicted molar refractivity (Wildman–Crippen MR) is 106 cm³/mol. The van der Waals surface area contributed by atoms with Crippen LogP contribution in [0.3, 0.4) is 0 Å². The molecule has 0 radical (unpaired) electrons. The van der Waals surface area contributed by atoms with Crippen LogP contribution in [0.25, 0.3) is 5.65 Å². The number of nitrogens with one attached hydrogen (secondary N) is 1. The summed E-state index contributed by atoms with van der Waals surface area (Å²) in [6, 6.07) is 9.23. The summed E-state index contributed by atoms with van der Waals surface area (Å²) in [7, 11) is 0. The molecule has 3 heterocycles. The second kappa shape index (κ2) is 7.49. The summed E-state index contributed by atoms with van der Waals surface area (Å²) in [6.45, 7) is 0.222. The highest BCUT2D eigenvalue weighted by atomic mass is 79.9. The lowest BCUT2D eigenvalue weighted by atomic mass is 10.3. The Morgan fingerprint density at radius 1 is 1.22 bits per heavy atom. The van der Waals surface area contributed by atoms with Crippen LogP contribution in [0, 0.1) is 0 Å². The van der Waals surface area contributed by atoms with Gasteiger partial charge in [-0.15, -0.1) is 0 Å². The van der Waals surface area contributed by atoms with Crippen LogP contribution in [0.5, 0.6) is 5.75 Å². The first-order valence-corrected chi connectivity index (χ1v) is 9.40. The van der Waals surface area contributed by atoms with Crippen molar-refractivity contribution in [3.05, 3.63) is 69.8 Å². The van der Waals surface area contributed by atoms with Crippen molar-refractivity contribution in [2.75, 3.05) is 5.32 Å². The molecule has 0 unspecified atom stereocenters. The molecule has 136 valence electrons. The SMILES string of the molecule is O=C(Nc1cnn(COc2ccc(Br)cc2)c1)c1nn2cccnc2c1Br. The summed E-state index contributed by atoms with van der Waals surface area (Å²) < 4.78 is 10.3. The Labute approximate surface area is 170 Å². The molecular formula is C17H12Br2N6O2. The van der Waals surface area contributed by atoms with Gasteiger partial charge in [0, 0.05) is 16.9 Å². The van der Waals surface area contributed by atoms with Gasteiger partial charge in [0.15, 0.2) is 18.1 Å². The minimum Gasteiger partial charge on any atom is -0.471 e. The van der Waals surface area contributed by atoms with Crippen molar-refractivity contribution in [3.63, 3.8) is 0 Å². The fraction of sp³-hybridized carbons (Fsp3) is 0.0588. The molecule has 1 aromatic carbocycles. The molecule has 0 aliphatic heterocycles. The van der Waals surface area contributed by atoms with Crippen molar-refractivity contribution >= 4 is 49.1 Å². The van der Waals surface area contributed by atoms with Gasteiger partial charge in [-0.05, 0) is 46.3 Å². The number of halogens is 2. The van der Waals surface area contributed by atoms with E-state index < -0.39 is 0 Å². The summed E-state index contributed by atoms with van der Waals surface area (Å²) in [6.07, 6.45) is 6.59. The molecule has 4 rings (SSSR count). The molecule has 1 N–H and O–H groups in total. The lowest BCUT2D eigenvalue weighted by molar-refractivity contribution is 0.102. The van der Waals surface area contributed by atoms with E-state index >= 15 is 0 Å². The summed E-state index contributed by atoms with van der Waals surface area (Å²) >= 11 is 6.75. The summed E-state index contributed by atoms with van der Waals surface area (Å²) in [5, 5.41) is 11.2. The van der Waals surface area contributed by atoms with E-state index in [1.807, 2.05) is 24.3 Å². The highest BCUT2D eigenvalue weighted by molar-refractivity contribution is 9.11. The molecule has 4 aromatic rings. The lowest BCUT2D eigenvalue weighted by Crippen LogP contribution is -2.13. The number of hydrogen-bond acceptors (Lipinski definition) is 5. The van der Waals surface area contributed by atoms with Crippen molar-refractivity contribution in [2.45, 2.75) is 6.73 Å². The number of carbonyl (C=O) groups is 1. The van der Waals surface area contributed by atoms with Crippen molar-refractivity contribution in [3.8, 4) is 5.75 Å². The van der Waals surface area contributed by atoms with Crippen LogP contribution in [-0.4, -0.2) is 30.3 Å². The normalized spacial score (nSPS) is 10.9. The van der Waals surface area contributed by atoms with Crippen LogP contribution in [0.4, 0.5) is 5.69 Å². The van der Waals surface area contributed by atoms with Crippen LogP contribution in [0.15, 0.2) is 64.1 Å². The number of fused-ring (bicyclic) bond motifs is 1. The molecule has 0 aliphatic rings. The maximum Gasteiger partial charge on any atom is 0.277 e. The zero-order chi connectivity index (χ0) is 18.8. The van der Waals surface area contributed by atoms with Gasteiger partial charge in [0.1, 0.15) is 5.75 Å². The third kappa shape index (κ3) is 3.86. The third-order valence-electron chi connectivity index (χ3n) is 3.62. The highest BCUT2D eigenvalue weighted by Gasteiger charge is 2.18. The van der Waals surface area contributed by atoms with E-state index in [0.29, 0.717) is 15.8 Å². The van der Waals surface area contributed by atoms with E-state index in [0.717, 1.165) is 10.2 Å². The average molecular weight is 492 g/mol. The molecule has 8 nitrogen and oxygen atoms in total. The number of rotatable bonds is 5. The standard InChI is InChI=1S/C17H12Br2N6O2/c18-11-2-4-13(5-3-11)27-10-24-9-12(8-21-24)22-17(26)15-14(19)16-20-6-1-7-25(16)23-15/h1-9H,10H2,(H,22,26). The monoisotopic (exact) mass is 490 g/mol. The number of aromatic nitrogens is 5. The first kappa shape index (κ1) is 17.7. The van der Waals surface area contributed by atoms with Gasteiger partial charge in [-0.3, -0.25) is 4.79 Å². The minimum atomic E-state index is -0.360. The number of nitrogens with zero attached hydrogens (tertiary/aromatic N) is 5. The largest absolute Gasteiger partial charge is 0.471 e. The van der Waals surface area contributed by atoms with Gasteiger partial charge >= 0.3 is 0 Å². The first-order chi connectivity index (χ1) is 13.1. The fourth-order valence-electron chi connectivity index (χ4n) is 2.36. The molecule has 0 spiro atoms. The Morgan fingerprint density at radius 3 is 2.81 bits per heavy atom. The molecule has 1 amide bonds. The van der Waals surface area contributed by atoms with Crippen molar-refractivity contribution in [1.82, 2.24) is 24.4 Å². The second-order valence-electron chi connectivity index (χ2n) is 5.50. The van der Waals surface area contributed by atoms with Crippen LogP contribution >= 0.6 is 31.9 Å². The fourth-order valence-corrected chi connectivity index (χ4v) is 3.17. The maximum atomic E-state index is 12.5. The van der Waals surface area contributed by atoms with Gasteiger partial charge in [0.2, 0.25) is 0 Å². The molecule has 0 saturated heterocycles. The third-order valence-corrected chi connectivity index (χ3v) is 4.88. The zero-order valence-corrected chi connectivity index (χ0v) is 16.9. The number of hydrogen-bond donors (Lipinski definition) is 1. The number of ether oxygens (including phenoxy) is 1. The van der Waals surface area contributed by atoms with Gasteiger partial charge in [-0.1, -0.05) is 15.9 Å². The Balaban J connectivity index is 1.43. The molecule has 0 aliphatic carbocycles. The van der Waals surface area contributed by atoms with E-state index in [4.69, 9.17) is 4.74 Å². The Bertz CT molecular complexity index is 1110. The van der Waals surface area contributed by atoms with Crippen molar-refractivity contribution in [2.24, 2.45) is 0 Å². The molecule has 0 fully saturated rings. The smallest absolute Gasteiger partial charge is 0.277 e. The lowest BCUT2D eigenvalue weighted by Gasteiger charge is -2.05. The molecule has 0 saturated carbocycles. The number of benzene rings is 1. The molecule has 0 atom stereocenters. The quantitative estimate of drug-likeness (QED) is 0.459. The van der Waals surface area contributed by atoms with Gasteiger partial charge in [-0.2, -0.15) is 10.2 Å². The minimum absolute atomic E-state index is 0.222. The van der Waals surface area contributed by atoms with Gasteiger partial charge in [-0.25, -0.2) is 14.2 Å². The van der Waals surface area contributed by atoms with Crippen LogP contribution in [0.1, 0.15) is 10.5 Å². The number of amides is 1. The molecule has 0 bridgehead atoms. The van der Waals surface area contributed by atoms with Crippen molar-refractivity contribution in [1.29, 1.82) is 0 Å². The molecule has 10 heteroatoms. The summed E-state index contributed by atoms with van der Waals surface area (Å²) in [5.41, 5.74) is 1.35. The Hall–Kier alpha value is -2.72. The average Bonchev–Trinajstić information content (AvgIpc) is 3.26. The predicted octanol–water partition coefficient (Wildman–Crippen LogP) is 3.74. The van der Waals surface area contributed by atoms with E-state index in [9.17, 15) is 4.79 Å². The summed E-state index contributed by atoms with van der Waals surface area (Å²) in [4.78, 5) is 16.7. The van der Waals surface area contributed by atoms with Crippen LogP contribution in [0.2, 0.25) is 0 Å². The van der Waals surface area contributed by atoms with Crippen LogP contribution in [-0.2, 0) is 6.73 Å². The van der Waals surface area contributed by atoms with E-state index in [2.05, 4.69) is 52.4 Å².